The number of carboxylic acids is 1. The fourth-order valence-corrected chi connectivity index (χ4v) is 4.12. The summed E-state index contributed by atoms with van der Waals surface area (Å²) in [5, 5.41) is 9.19. The summed E-state index contributed by atoms with van der Waals surface area (Å²) in [5.41, 5.74) is -3.77. The number of aromatic nitrogens is 2. The number of aromatic carboxylic acids is 1. The highest BCUT2D eigenvalue weighted by molar-refractivity contribution is 5.91. The fraction of sp³-hybridized carbons (Fsp3) is 0.480. The Morgan fingerprint density at radius 2 is 1.79 bits per heavy atom. The molecule has 3 heterocycles. The van der Waals surface area contributed by atoms with Gasteiger partial charge in [0.15, 0.2) is 11.5 Å². The molecular weight excluding hydrogens is 517 g/mol. The van der Waals surface area contributed by atoms with Crippen molar-refractivity contribution in [3.05, 3.63) is 47.2 Å². The first-order valence-corrected chi connectivity index (χ1v) is 11.6. The maximum atomic E-state index is 14.5. The Hall–Kier alpha value is -3.64. The van der Waals surface area contributed by atoms with Crippen LogP contribution in [0.1, 0.15) is 62.2 Å². The number of hydrogen-bond donors (Lipinski definition) is 1. The summed E-state index contributed by atoms with van der Waals surface area (Å²) < 4.78 is 73.5. The van der Waals surface area contributed by atoms with E-state index in [1.165, 1.54) is 13.0 Å². The second-order valence-electron chi connectivity index (χ2n) is 9.95. The van der Waals surface area contributed by atoms with E-state index in [1.54, 1.807) is 20.8 Å². The van der Waals surface area contributed by atoms with E-state index in [9.17, 15) is 41.4 Å². The van der Waals surface area contributed by atoms with Crippen LogP contribution in [0.15, 0.2) is 24.5 Å². The van der Waals surface area contributed by atoms with Crippen LogP contribution < -0.4 is 0 Å². The average Bonchev–Trinajstić information content (AvgIpc) is 3.10. The van der Waals surface area contributed by atoms with Gasteiger partial charge >= 0.3 is 18.2 Å². The monoisotopic (exact) mass is 543 g/mol. The second kappa shape index (κ2) is 10.6. The third-order valence-electron chi connectivity index (χ3n) is 5.98. The van der Waals surface area contributed by atoms with Gasteiger partial charge in [-0.3, -0.25) is 19.7 Å². The molecule has 8 nitrogen and oxygen atoms in total. The van der Waals surface area contributed by atoms with Crippen molar-refractivity contribution in [2.45, 2.75) is 77.0 Å². The molecule has 0 unspecified atom stereocenters. The van der Waals surface area contributed by atoms with Gasteiger partial charge in [0, 0.05) is 24.6 Å². The van der Waals surface area contributed by atoms with E-state index in [0.717, 1.165) is 23.4 Å². The van der Waals surface area contributed by atoms with Gasteiger partial charge in [-0.2, -0.15) is 13.2 Å². The van der Waals surface area contributed by atoms with Gasteiger partial charge < -0.3 is 9.84 Å². The Kier molecular flexibility index (Phi) is 8.08. The molecule has 1 amide bonds. The smallest absolute Gasteiger partial charge is 0.434 e. The highest BCUT2D eigenvalue weighted by atomic mass is 19.4. The van der Waals surface area contributed by atoms with E-state index in [0.29, 0.717) is 0 Å². The SMILES string of the molecule is C[C@H]1[C@H](F)C[C@@H](C(=O)CCc2cc(-c3cnc(C(F)(F)F)c(C(=O)O)c3)ncc2F)N1C(=O)OC(C)(C)C. The summed E-state index contributed by atoms with van der Waals surface area (Å²) in [6, 6.07) is -0.123. The van der Waals surface area contributed by atoms with E-state index in [-0.39, 0.29) is 36.1 Å². The van der Waals surface area contributed by atoms with Gasteiger partial charge in [-0.25, -0.2) is 18.4 Å². The summed E-state index contributed by atoms with van der Waals surface area (Å²) in [6.45, 7) is 6.35. The highest BCUT2D eigenvalue weighted by Crippen LogP contribution is 2.33. The number of rotatable bonds is 6. The first kappa shape index (κ1) is 28.9. The molecular formula is C25H26F5N3O5. The van der Waals surface area contributed by atoms with E-state index in [2.05, 4.69) is 9.97 Å². The molecule has 3 rings (SSSR count). The molecule has 1 fully saturated rings. The minimum absolute atomic E-state index is 0.0354. The molecule has 0 aliphatic carbocycles. The number of nitrogens with zero attached hydrogens (tertiary/aromatic N) is 3. The number of carbonyl (C=O) groups is 3. The number of alkyl halides is 4. The van der Waals surface area contributed by atoms with Crippen molar-refractivity contribution in [2.75, 3.05) is 0 Å². The van der Waals surface area contributed by atoms with Gasteiger partial charge in [-0.05, 0) is 51.8 Å². The highest BCUT2D eigenvalue weighted by Gasteiger charge is 2.46. The quantitative estimate of drug-likeness (QED) is 0.497. The minimum atomic E-state index is -5.00. The first-order valence-electron chi connectivity index (χ1n) is 11.6. The molecule has 3 atom stereocenters. The predicted molar refractivity (Wildman–Crippen MR) is 124 cm³/mol. The molecule has 2 aromatic heterocycles. The molecule has 0 spiro atoms. The number of halogens is 5. The number of carbonyl (C=O) groups excluding carboxylic acids is 2. The fourth-order valence-electron chi connectivity index (χ4n) is 4.12. The number of carboxylic acid groups (broad SMARTS) is 1. The maximum absolute atomic E-state index is 14.5. The van der Waals surface area contributed by atoms with Gasteiger partial charge in [-0.15, -0.1) is 0 Å². The summed E-state index contributed by atoms with van der Waals surface area (Å²) in [7, 11) is 0. The van der Waals surface area contributed by atoms with Crippen molar-refractivity contribution in [1.82, 2.24) is 14.9 Å². The van der Waals surface area contributed by atoms with Crippen LogP contribution >= 0.6 is 0 Å². The van der Waals surface area contributed by atoms with Crippen molar-refractivity contribution in [3.63, 3.8) is 0 Å². The lowest BCUT2D eigenvalue weighted by Gasteiger charge is -2.30. The van der Waals surface area contributed by atoms with Crippen LogP contribution in [0.3, 0.4) is 0 Å². The van der Waals surface area contributed by atoms with Gasteiger partial charge in [0.05, 0.1) is 29.5 Å². The largest absolute Gasteiger partial charge is 0.478 e. The van der Waals surface area contributed by atoms with E-state index in [1.807, 2.05) is 0 Å². The molecule has 0 radical (unpaired) electrons. The van der Waals surface area contributed by atoms with Crippen LogP contribution in [-0.4, -0.2) is 61.7 Å². The molecule has 2 aromatic rings. The van der Waals surface area contributed by atoms with Crippen molar-refractivity contribution in [2.24, 2.45) is 0 Å². The number of likely N-dealkylation sites (tertiary alicyclic amines) is 1. The van der Waals surface area contributed by atoms with Gasteiger partial charge in [-0.1, -0.05) is 0 Å². The number of aryl methyl sites for hydroxylation is 1. The number of ether oxygens (including phenoxy) is 1. The van der Waals surface area contributed by atoms with E-state index >= 15 is 0 Å². The Balaban J connectivity index is 1.82. The van der Waals surface area contributed by atoms with Crippen LogP contribution in [0.4, 0.5) is 26.7 Å². The summed E-state index contributed by atoms with van der Waals surface area (Å²) in [5.74, 6) is -3.19. The number of pyridine rings is 2. The molecule has 13 heteroatoms. The molecule has 1 aliphatic heterocycles. The molecule has 1 N–H and O–H groups in total. The molecule has 206 valence electrons. The summed E-state index contributed by atoms with van der Waals surface area (Å²) >= 11 is 0. The zero-order valence-electron chi connectivity index (χ0n) is 21.0. The summed E-state index contributed by atoms with van der Waals surface area (Å²) in [6.07, 6.45) is -6.46. The van der Waals surface area contributed by atoms with Crippen molar-refractivity contribution in [3.8, 4) is 11.3 Å². The third kappa shape index (κ3) is 6.43. The number of Topliss-reactive ketones (excluding diaryl/α,β-unsaturated/α-hetero) is 1. The van der Waals surface area contributed by atoms with Crippen LogP contribution in [0, 0.1) is 5.82 Å². The average molecular weight is 543 g/mol. The van der Waals surface area contributed by atoms with Gasteiger partial charge in [0.2, 0.25) is 0 Å². The van der Waals surface area contributed by atoms with Crippen LogP contribution in [0.2, 0.25) is 0 Å². The Morgan fingerprint density at radius 1 is 1.13 bits per heavy atom. The second-order valence-corrected chi connectivity index (χ2v) is 9.95. The lowest BCUT2D eigenvalue weighted by molar-refractivity contribution is -0.141. The van der Waals surface area contributed by atoms with Crippen molar-refractivity contribution < 1.29 is 46.2 Å². The normalized spacial score (nSPS) is 19.9. The van der Waals surface area contributed by atoms with Crippen LogP contribution in [0.25, 0.3) is 11.3 Å². The van der Waals surface area contributed by atoms with Crippen LogP contribution in [0.5, 0.6) is 0 Å². The Morgan fingerprint density at radius 3 is 2.37 bits per heavy atom. The predicted octanol–water partition coefficient (Wildman–Crippen LogP) is 5.24. The van der Waals surface area contributed by atoms with E-state index < -0.39 is 65.0 Å². The molecule has 0 aromatic carbocycles. The first-order chi connectivity index (χ1) is 17.5. The lowest BCUT2D eigenvalue weighted by atomic mass is 10.00. The molecule has 38 heavy (non-hydrogen) atoms. The van der Waals surface area contributed by atoms with Gasteiger partial charge in [0.25, 0.3) is 0 Å². The Labute approximate surface area is 214 Å². The van der Waals surface area contributed by atoms with Gasteiger partial charge in [0.1, 0.15) is 17.6 Å². The minimum Gasteiger partial charge on any atom is -0.478 e. The molecule has 0 saturated carbocycles. The van der Waals surface area contributed by atoms with Crippen LogP contribution in [-0.2, 0) is 22.1 Å². The summed E-state index contributed by atoms with van der Waals surface area (Å²) in [4.78, 5) is 45.0. The third-order valence-corrected chi connectivity index (χ3v) is 5.98. The molecule has 0 bridgehead atoms. The topological polar surface area (TPSA) is 110 Å². The number of amides is 1. The van der Waals surface area contributed by atoms with Crippen molar-refractivity contribution in [1.29, 1.82) is 0 Å². The maximum Gasteiger partial charge on any atom is 0.434 e. The molecule has 1 saturated heterocycles. The van der Waals surface area contributed by atoms with Crippen molar-refractivity contribution >= 4 is 17.8 Å². The lowest BCUT2D eigenvalue weighted by Crippen LogP contribution is -2.47. The zero-order valence-corrected chi connectivity index (χ0v) is 21.0. The number of hydrogen-bond acceptors (Lipinski definition) is 6. The van der Waals surface area contributed by atoms with E-state index in [4.69, 9.17) is 4.74 Å². The molecule has 1 aliphatic rings. The standard InChI is InChI=1S/C25H26F5N3O5/c1-12-16(26)9-19(33(12)23(37)38-24(2,3)4)20(34)6-5-13-8-18(31-11-17(13)27)14-7-15(22(35)36)21(32-10-14)25(28,29)30/h7-8,10-12,16,19H,5-6,9H2,1-4H3,(H,35,36)/t12-,16+,19-/m0/s1. The Bertz CT molecular complexity index is 1240. The zero-order chi connectivity index (χ0) is 28.6. The number of ketones is 1.